The molecule has 0 fully saturated rings. The highest BCUT2D eigenvalue weighted by molar-refractivity contribution is 9.10. The van der Waals surface area contributed by atoms with Gasteiger partial charge in [0.2, 0.25) is 15.9 Å². The first-order chi connectivity index (χ1) is 10.6. The smallest absolute Gasteiger partial charge is 0.255 e. The topological polar surface area (TPSA) is 101 Å². The average Bonchev–Trinajstić information content (AvgIpc) is 2.46. The van der Waals surface area contributed by atoms with E-state index in [9.17, 15) is 18.0 Å². The molecule has 128 valence electrons. The summed E-state index contributed by atoms with van der Waals surface area (Å²) in [5.41, 5.74) is 0.131. The average molecular weight is 406 g/mol. The number of carbonyl (C=O) groups excluding carboxylic acids is 2. The molecule has 23 heavy (non-hydrogen) atoms. The number of rotatable bonds is 6. The molecule has 0 atom stereocenters. The summed E-state index contributed by atoms with van der Waals surface area (Å²) < 4.78 is 23.2. The van der Waals surface area contributed by atoms with Crippen molar-refractivity contribution in [1.29, 1.82) is 0 Å². The van der Waals surface area contributed by atoms with Gasteiger partial charge < -0.3 is 9.80 Å². The van der Waals surface area contributed by atoms with E-state index in [2.05, 4.69) is 15.9 Å². The third kappa shape index (κ3) is 5.02. The third-order valence-electron chi connectivity index (χ3n) is 3.33. The molecule has 9 heteroatoms. The fraction of sp³-hybridized carbons (Fsp3) is 0.429. The predicted octanol–water partition coefficient (Wildman–Crippen LogP) is 1.04. The number of benzene rings is 1. The molecule has 0 aliphatic carbocycles. The summed E-state index contributed by atoms with van der Waals surface area (Å²) in [5.74, 6) is -0.646. The minimum Gasteiger partial charge on any atom is -0.342 e. The Morgan fingerprint density at radius 1 is 1.22 bits per heavy atom. The van der Waals surface area contributed by atoms with Crippen LogP contribution in [-0.2, 0) is 14.8 Å². The maximum absolute atomic E-state index is 12.5. The zero-order valence-corrected chi connectivity index (χ0v) is 15.6. The van der Waals surface area contributed by atoms with Crippen LogP contribution in [0.3, 0.4) is 0 Å². The Morgan fingerprint density at radius 2 is 1.78 bits per heavy atom. The molecule has 1 aromatic carbocycles. The molecule has 7 nitrogen and oxygen atoms in total. The molecule has 0 aliphatic heterocycles. The van der Waals surface area contributed by atoms with E-state index >= 15 is 0 Å². The Balaban J connectivity index is 3.03. The van der Waals surface area contributed by atoms with Gasteiger partial charge in [-0.25, -0.2) is 13.6 Å². The van der Waals surface area contributed by atoms with Crippen molar-refractivity contribution in [2.75, 3.05) is 26.7 Å². The standard InChI is InChI=1S/C14H20BrN3O4S/c1-4-18(5-2)13(19)9-17(3)14(20)11-8-10(23(16,21)22)6-7-12(11)15/h6-8H,4-5,9H2,1-3H3,(H2,16,21,22). The Labute approximate surface area is 144 Å². The zero-order chi connectivity index (χ0) is 17.8. The van der Waals surface area contributed by atoms with Crippen LogP contribution in [0.25, 0.3) is 0 Å². The van der Waals surface area contributed by atoms with Gasteiger partial charge in [0.05, 0.1) is 17.0 Å². The molecule has 0 saturated heterocycles. The highest BCUT2D eigenvalue weighted by Crippen LogP contribution is 2.21. The summed E-state index contributed by atoms with van der Waals surface area (Å²) >= 11 is 3.21. The predicted molar refractivity (Wildman–Crippen MR) is 90.4 cm³/mol. The van der Waals surface area contributed by atoms with Gasteiger partial charge in [0.25, 0.3) is 5.91 Å². The number of hydrogen-bond acceptors (Lipinski definition) is 4. The largest absolute Gasteiger partial charge is 0.342 e. The molecule has 2 amide bonds. The van der Waals surface area contributed by atoms with Crippen LogP contribution in [0.2, 0.25) is 0 Å². The lowest BCUT2D eigenvalue weighted by atomic mass is 10.2. The second-order valence-electron chi connectivity index (χ2n) is 4.91. The number of likely N-dealkylation sites (N-methyl/N-ethyl adjacent to an activating group) is 2. The van der Waals surface area contributed by atoms with E-state index in [1.165, 1.54) is 30.1 Å². The van der Waals surface area contributed by atoms with Crippen LogP contribution in [-0.4, -0.2) is 56.7 Å². The second kappa shape index (κ2) is 7.89. The summed E-state index contributed by atoms with van der Waals surface area (Å²) in [6, 6.07) is 3.93. The molecule has 0 heterocycles. The molecule has 0 spiro atoms. The highest BCUT2D eigenvalue weighted by Gasteiger charge is 2.21. The summed E-state index contributed by atoms with van der Waals surface area (Å²) in [6.45, 7) is 4.74. The third-order valence-corrected chi connectivity index (χ3v) is 4.93. The molecule has 0 bridgehead atoms. The van der Waals surface area contributed by atoms with E-state index in [1.807, 2.05) is 13.8 Å². The Kier molecular flexibility index (Phi) is 6.72. The van der Waals surface area contributed by atoms with Crippen molar-refractivity contribution in [2.45, 2.75) is 18.7 Å². The van der Waals surface area contributed by atoms with Crippen molar-refractivity contribution < 1.29 is 18.0 Å². The number of nitrogens with two attached hydrogens (primary N) is 1. The highest BCUT2D eigenvalue weighted by atomic mass is 79.9. The molecule has 0 radical (unpaired) electrons. The fourth-order valence-electron chi connectivity index (χ4n) is 2.00. The molecule has 1 aromatic rings. The number of sulfonamides is 1. The summed E-state index contributed by atoms with van der Waals surface area (Å²) in [7, 11) is -2.43. The first-order valence-corrected chi connectivity index (χ1v) is 9.31. The van der Waals surface area contributed by atoms with Crippen LogP contribution >= 0.6 is 15.9 Å². The molecule has 2 N–H and O–H groups in total. The van der Waals surface area contributed by atoms with Gasteiger partial charge in [-0.1, -0.05) is 0 Å². The number of primary sulfonamides is 1. The van der Waals surface area contributed by atoms with Crippen LogP contribution in [0.15, 0.2) is 27.6 Å². The fourth-order valence-corrected chi connectivity index (χ4v) is 2.96. The SMILES string of the molecule is CCN(CC)C(=O)CN(C)C(=O)c1cc(S(N)(=O)=O)ccc1Br. The van der Waals surface area contributed by atoms with Crippen LogP contribution in [0.5, 0.6) is 0 Å². The number of hydrogen-bond donors (Lipinski definition) is 1. The van der Waals surface area contributed by atoms with Gasteiger partial charge >= 0.3 is 0 Å². The monoisotopic (exact) mass is 405 g/mol. The first kappa shape index (κ1) is 19.6. The van der Waals surface area contributed by atoms with Gasteiger partial charge in [-0.05, 0) is 48.0 Å². The van der Waals surface area contributed by atoms with Crippen molar-refractivity contribution in [3.8, 4) is 0 Å². The second-order valence-corrected chi connectivity index (χ2v) is 7.33. The minimum atomic E-state index is -3.91. The van der Waals surface area contributed by atoms with Crippen LogP contribution in [0, 0.1) is 0 Å². The summed E-state index contributed by atoms with van der Waals surface area (Å²) in [4.78, 5) is 27.2. The lowest BCUT2D eigenvalue weighted by Crippen LogP contribution is -2.41. The lowest BCUT2D eigenvalue weighted by molar-refractivity contribution is -0.131. The molecule has 0 unspecified atom stereocenters. The number of halogens is 1. The first-order valence-electron chi connectivity index (χ1n) is 6.97. The van der Waals surface area contributed by atoms with Gasteiger partial charge in [-0.15, -0.1) is 0 Å². The van der Waals surface area contributed by atoms with Gasteiger partial charge in [-0.2, -0.15) is 0 Å². The normalized spacial score (nSPS) is 11.2. The van der Waals surface area contributed by atoms with Gasteiger partial charge in [0, 0.05) is 24.6 Å². The van der Waals surface area contributed by atoms with Crippen LogP contribution in [0.4, 0.5) is 0 Å². The molecule has 0 aliphatic rings. The van der Waals surface area contributed by atoms with Crippen LogP contribution < -0.4 is 5.14 Å². The van der Waals surface area contributed by atoms with Crippen molar-refractivity contribution in [1.82, 2.24) is 9.80 Å². The van der Waals surface area contributed by atoms with E-state index in [4.69, 9.17) is 5.14 Å². The van der Waals surface area contributed by atoms with E-state index in [1.54, 1.807) is 4.90 Å². The van der Waals surface area contributed by atoms with Crippen molar-refractivity contribution in [3.05, 3.63) is 28.2 Å². The minimum absolute atomic E-state index is 0.0907. The van der Waals surface area contributed by atoms with Gasteiger partial charge in [0.1, 0.15) is 0 Å². The van der Waals surface area contributed by atoms with Crippen molar-refractivity contribution in [3.63, 3.8) is 0 Å². The lowest BCUT2D eigenvalue weighted by Gasteiger charge is -2.23. The Hall–Kier alpha value is -1.45. The number of carbonyl (C=O) groups is 2. The van der Waals surface area contributed by atoms with E-state index in [-0.39, 0.29) is 22.9 Å². The van der Waals surface area contributed by atoms with Crippen molar-refractivity contribution >= 4 is 37.8 Å². The van der Waals surface area contributed by atoms with E-state index in [0.29, 0.717) is 17.6 Å². The molecule has 0 aromatic heterocycles. The molecular weight excluding hydrogens is 386 g/mol. The quantitative estimate of drug-likeness (QED) is 0.763. The summed E-state index contributed by atoms with van der Waals surface area (Å²) in [5, 5.41) is 5.08. The molecule has 0 saturated carbocycles. The van der Waals surface area contributed by atoms with Gasteiger partial charge in [-0.3, -0.25) is 9.59 Å². The Bertz CT molecular complexity index is 702. The van der Waals surface area contributed by atoms with E-state index < -0.39 is 15.9 Å². The zero-order valence-electron chi connectivity index (χ0n) is 13.2. The van der Waals surface area contributed by atoms with Gasteiger partial charge in [0.15, 0.2) is 0 Å². The van der Waals surface area contributed by atoms with E-state index in [0.717, 1.165) is 0 Å². The Morgan fingerprint density at radius 3 is 2.26 bits per heavy atom. The molecule has 1 rings (SSSR count). The summed E-state index contributed by atoms with van der Waals surface area (Å²) in [6.07, 6.45) is 0. The maximum Gasteiger partial charge on any atom is 0.255 e. The van der Waals surface area contributed by atoms with Crippen LogP contribution in [0.1, 0.15) is 24.2 Å². The number of nitrogens with zero attached hydrogens (tertiary/aromatic N) is 2. The number of amides is 2. The molecular formula is C14H20BrN3O4S. The maximum atomic E-state index is 12.5. The van der Waals surface area contributed by atoms with Crippen molar-refractivity contribution in [2.24, 2.45) is 5.14 Å².